The lowest BCUT2D eigenvalue weighted by atomic mass is 9.33. The minimum Gasteiger partial charge on any atom is -0.456 e. The Labute approximate surface area is 468 Å². The number of furan rings is 2. The highest BCUT2D eigenvalue weighted by atomic mass is 16.3. The molecule has 0 fully saturated rings. The Balaban J connectivity index is 1.12. The van der Waals surface area contributed by atoms with Gasteiger partial charge < -0.3 is 18.6 Å². The average Bonchev–Trinajstić information content (AvgIpc) is 2.65. The lowest BCUT2D eigenvalue weighted by molar-refractivity contribution is 0.671. The van der Waals surface area contributed by atoms with Crippen LogP contribution in [0.3, 0.4) is 0 Å². The molecule has 15 aromatic rings. The van der Waals surface area contributed by atoms with Gasteiger partial charge in [-0.25, -0.2) is 0 Å². The van der Waals surface area contributed by atoms with Crippen LogP contribution < -0.4 is 26.2 Å². The van der Waals surface area contributed by atoms with E-state index in [0.717, 1.165) is 150 Å². The number of fused-ring (bicyclic) bond motifs is 13. The van der Waals surface area contributed by atoms with Crippen LogP contribution in [0.5, 0.6) is 0 Å². The van der Waals surface area contributed by atoms with Crippen molar-refractivity contribution in [3.63, 3.8) is 0 Å². The molecule has 2 aromatic heterocycles. The maximum Gasteiger partial charge on any atom is 0.261 e. The summed E-state index contributed by atoms with van der Waals surface area (Å²) in [4.78, 5) is 5.14. The number of benzene rings is 13. The molecule has 0 spiro atoms. The van der Waals surface area contributed by atoms with Gasteiger partial charge in [-0.2, -0.15) is 0 Å². The summed E-state index contributed by atoms with van der Waals surface area (Å²) in [5.74, 6) is 0. The van der Waals surface area contributed by atoms with Gasteiger partial charge in [-0.1, -0.05) is 237 Å². The summed E-state index contributed by atoms with van der Waals surface area (Å²) < 4.78 is 15.1. The van der Waals surface area contributed by atoms with Crippen LogP contribution in [0.2, 0.25) is 0 Å². The Bertz CT molecular complexity index is 4730. The van der Waals surface area contributed by atoms with Gasteiger partial charge in [0.25, 0.3) is 6.71 Å². The zero-order chi connectivity index (χ0) is 53.1. The fourth-order valence-electron chi connectivity index (χ4n) is 13.6. The van der Waals surface area contributed by atoms with Crippen LogP contribution in [0.4, 0.5) is 34.1 Å². The normalized spacial score (nSPS) is 12.6. The molecule has 4 heterocycles. The second-order valence-corrected chi connectivity index (χ2v) is 21.4. The summed E-state index contributed by atoms with van der Waals surface area (Å²) in [6, 6.07) is 104. The van der Waals surface area contributed by atoms with E-state index in [0.29, 0.717) is 0 Å². The number of anilines is 6. The molecule has 4 nitrogen and oxygen atoms in total. The molecule has 0 amide bonds. The monoisotopic (exact) mass is 1030 g/mol. The number of para-hydroxylation sites is 4. The molecule has 0 N–H and O–H groups in total. The zero-order valence-corrected chi connectivity index (χ0v) is 43.9. The topological polar surface area (TPSA) is 32.8 Å². The third-order valence-electron chi connectivity index (χ3n) is 17.0. The van der Waals surface area contributed by atoms with E-state index in [9.17, 15) is 0 Å². The predicted molar refractivity (Wildman–Crippen MR) is 340 cm³/mol. The van der Waals surface area contributed by atoms with Crippen molar-refractivity contribution in [1.29, 1.82) is 0 Å². The van der Waals surface area contributed by atoms with Gasteiger partial charge in [-0.3, -0.25) is 0 Å². The van der Waals surface area contributed by atoms with Gasteiger partial charge in [0.05, 0.1) is 11.4 Å². The second-order valence-electron chi connectivity index (χ2n) is 21.4. The van der Waals surface area contributed by atoms with Gasteiger partial charge >= 0.3 is 0 Å². The first-order valence-corrected chi connectivity index (χ1v) is 27.9. The van der Waals surface area contributed by atoms with Crippen molar-refractivity contribution < 1.29 is 8.83 Å². The standard InChI is InChI=1S/C76H47BN2O2/c1-5-24-49(25-6-1)56-35-15-19-40-62(56)78-64-44-53(55-39-23-33-48-32-13-14-34-54(48)55)45-65-72(64)77(73-66(78)46-60(51-28-9-3-10-29-51)70-58-37-17-21-42-68(58)80-75(70)73)74-67(79(65)63-41-20-16-36-57(63)50-26-7-2-8-27-50)47-61(52-30-11-4-12-31-52)71-59-38-18-22-43-69(59)81-76(71)74/h1-47H. The molecule has 0 atom stereocenters. The van der Waals surface area contributed by atoms with Gasteiger partial charge in [-0.05, 0) is 120 Å². The van der Waals surface area contributed by atoms with Crippen molar-refractivity contribution >= 4 is 112 Å². The molecule has 0 unspecified atom stereocenters. The van der Waals surface area contributed by atoms with Crippen LogP contribution in [-0.2, 0) is 0 Å². The van der Waals surface area contributed by atoms with Gasteiger partial charge in [0.2, 0.25) is 0 Å². The van der Waals surface area contributed by atoms with Crippen LogP contribution in [0, 0.1) is 0 Å². The Kier molecular flexibility index (Phi) is 10.1. The van der Waals surface area contributed by atoms with Crippen LogP contribution >= 0.6 is 0 Å². The molecular formula is C76H47BN2O2. The maximum absolute atomic E-state index is 7.56. The molecule has 5 heteroatoms. The number of hydrogen-bond acceptors (Lipinski definition) is 4. The van der Waals surface area contributed by atoms with Crippen molar-refractivity contribution in [2.75, 3.05) is 9.80 Å². The molecule has 376 valence electrons. The fraction of sp³-hybridized carbons (Fsp3) is 0. The second kappa shape index (κ2) is 18.0. The quantitative estimate of drug-likeness (QED) is 0.149. The van der Waals surface area contributed by atoms with E-state index in [-0.39, 0.29) is 0 Å². The molecule has 0 radical (unpaired) electrons. The molecule has 0 aliphatic carbocycles. The first-order chi connectivity index (χ1) is 40.2. The molecule has 0 saturated heterocycles. The van der Waals surface area contributed by atoms with Crippen LogP contribution in [0.25, 0.3) is 110 Å². The molecule has 2 aliphatic rings. The van der Waals surface area contributed by atoms with Gasteiger partial charge in [0.15, 0.2) is 0 Å². The molecule has 81 heavy (non-hydrogen) atoms. The van der Waals surface area contributed by atoms with Crippen molar-refractivity contribution in [2.24, 2.45) is 0 Å². The SMILES string of the molecule is c1ccc(-c2ccccc2N2c3cc(-c4cccc5ccccc45)cc4c3B(c3c2cc(-c2ccccc2)c2c3oc3ccccc32)c2c(cc(-c3ccccc3)c3c2oc2ccccc23)N4c2ccccc2-c2ccccc2)cc1. The molecule has 17 rings (SSSR count). The maximum atomic E-state index is 7.56. The van der Waals surface area contributed by atoms with E-state index in [1.165, 1.54) is 10.8 Å². The minimum atomic E-state index is -0.400. The highest BCUT2D eigenvalue weighted by molar-refractivity contribution is 7.03. The number of hydrogen-bond donors (Lipinski definition) is 0. The zero-order valence-electron chi connectivity index (χ0n) is 43.9. The van der Waals surface area contributed by atoms with E-state index in [4.69, 9.17) is 8.83 Å². The minimum absolute atomic E-state index is 0.400. The van der Waals surface area contributed by atoms with E-state index in [1.807, 2.05) is 0 Å². The lowest BCUT2D eigenvalue weighted by Crippen LogP contribution is -2.61. The average molecular weight is 1030 g/mol. The van der Waals surface area contributed by atoms with E-state index >= 15 is 0 Å². The fourth-order valence-corrected chi connectivity index (χ4v) is 13.6. The number of nitrogens with zero attached hydrogens (tertiary/aromatic N) is 2. The molecule has 0 saturated carbocycles. The van der Waals surface area contributed by atoms with Gasteiger partial charge in [0.1, 0.15) is 22.3 Å². The Morgan fingerprint density at radius 2 is 0.605 bits per heavy atom. The van der Waals surface area contributed by atoms with E-state index in [2.05, 4.69) is 295 Å². The molecule has 2 aliphatic heterocycles. The summed E-state index contributed by atoms with van der Waals surface area (Å²) in [5, 5.41) is 6.70. The molecule has 13 aromatic carbocycles. The summed E-state index contributed by atoms with van der Waals surface area (Å²) in [5.41, 5.74) is 24.3. The predicted octanol–water partition coefficient (Wildman–Crippen LogP) is 19.1. The van der Waals surface area contributed by atoms with Crippen molar-refractivity contribution in [3.05, 3.63) is 285 Å². The van der Waals surface area contributed by atoms with Gasteiger partial charge in [0, 0.05) is 55.4 Å². The van der Waals surface area contributed by atoms with Crippen LogP contribution in [-0.4, -0.2) is 6.71 Å². The Morgan fingerprint density at radius 3 is 1.09 bits per heavy atom. The summed E-state index contributed by atoms with van der Waals surface area (Å²) in [7, 11) is 0. The van der Waals surface area contributed by atoms with Crippen molar-refractivity contribution in [2.45, 2.75) is 0 Å². The summed E-state index contributed by atoms with van der Waals surface area (Å²) in [6.45, 7) is -0.400. The first kappa shape index (κ1) is 45.4. The lowest BCUT2D eigenvalue weighted by Gasteiger charge is -2.45. The van der Waals surface area contributed by atoms with E-state index in [1.54, 1.807) is 0 Å². The van der Waals surface area contributed by atoms with Gasteiger partial charge in [-0.15, -0.1) is 0 Å². The Hall–Kier alpha value is -10.6. The molecule has 0 bridgehead atoms. The van der Waals surface area contributed by atoms with Crippen LogP contribution in [0.1, 0.15) is 0 Å². The van der Waals surface area contributed by atoms with Crippen molar-refractivity contribution in [1.82, 2.24) is 0 Å². The number of rotatable bonds is 7. The third-order valence-corrected chi connectivity index (χ3v) is 17.0. The first-order valence-electron chi connectivity index (χ1n) is 27.9. The summed E-state index contributed by atoms with van der Waals surface area (Å²) >= 11 is 0. The van der Waals surface area contributed by atoms with Crippen LogP contribution in [0.15, 0.2) is 294 Å². The summed E-state index contributed by atoms with van der Waals surface area (Å²) in [6.07, 6.45) is 0. The largest absolute Gasteiger partial charge is 0.456 e. The molecular weight excluding hydrogens is 984 g/mol. The van der Waals surface area contributed by atoms with E-state index < -0.39 is 6.71 Å². The third kappa shape index (κ3) is 6.85. The highest BCUT2D eigenvalue weighted by Gasteiger charge is 2.48. The Morgan fingerprint density at radius 1 is 0.247 bits per heavy atom. The highest BCUT2D eigenvalue weighted by Crippen LogP contribution is 2.54. The van der Waals surface area contributed by atoms with Crippen molar-refractivity contribution in [3.8, 4) is 55.6 Å². The smallest absolute Gasteiger partial charge is 0.261 e.